The Hall–Kier alpha value is -0.870. The van der Waals surface area contributed by atoms with Crippen molar-refractivity contribution in [1.82, 2.24) is 9.78 Å². The van der Waals surface area contributed by atoms with Crippen molar-refractivity contribution in [2.45, 2.75) is 39.3 Å². The van der Waals surface area contributed by atoms with Crippen molar-refractivity contribution in [3.63, 3.8) is 0 Å². The molecule has 0 radical (unpaired) electrons. The lowest BCUT2D eigenvalue weighted by atomic mass is 9.83. The predicted molar refractivity (Wildman–Crippen MR) is 65.1 cm³/mol. The summed E-state index contributed by atoms with van der Waals surface area (Å²) < 4.78 is 7.29. The molecule has 1 aromatic heterocycles. The molecule has 0 saturated heterocycles. The molecule has 0 aliphatic carbocycles. The van der Waals surface area contributed by atoms with Gasteiger partial charge in [0.05, 0.1) is 11.8 Å². The molecule has 1 aromatic rings. The van der Waals surface area contributed by atoms with E-state index < -0.39 is 0 Å². The number of nitrogens with zero attached hydrogens (tertiary/aromatic N) is 2. The summed E-state index contributed by atoms with van der Waals surface area (Å²) in [7, 11) is 3.63. The normalized spacial score (nSPS) is 16.1. The van der Waals surface area contributed by atoms with Crippen LogP contribution in [0.25, 0.3) is 0 Å². The van der Waals surface area contributed by atoms with Crippen molar-refractivity contribution in [1.29, 1.82) is 0 Å². The number of nitrogens with two attached hydrogens (primary N) is 1. The van der Waals surface area contributed by atoms with Crippen LogP contribution in [0.15, 0.2) is 12.3 Å². The van der Waals surface area contributed by atoms with E-state index in [9.17, 15) is 0 Å². The highest BCUT2D eigenvalue weighted by Gasteiger charge is 2.30. The minimum absolute atomic E-state index is 0.0279. The summed E-state index contributed by atoms with van der Waals surface area (Å²) in [6.07, 6.45) is 2.71. The van der Waals surface area contributed by atoms with E-state index in [1.54, 1.807) is 11.8 Å². The predicted octanol–water partition coefficient (Wildman–Crippen LogP) is 1.35. The minimum atomic E-state index is -0.0279. The highest BCUT2D eigenvalue weighted by Crippen LogP contribution is 2.24. The Kier molecular flexibility index (Phi) is 4.10. The highest BCUT2D eigenvalue weighted by molar-refractivity contribution is 5.03. The van der Waals surface area contributed by atoms with Crippen LogP contribution in [0.3, 0.4) is 0 Å². The molecule has 2 unspecified atom stereocenters. The second-order valence-corrected chi connectivity index (χ2v) is 5.37. The number of rotatable bonds is 4. The molecule has 4 heteroatoms. The van der Waals surface area contributed by atoms with Gasteiger partial charge in [-0.3, -0.25) is 4.68 Å². The molecule has 2 N–H and O–H groups in total. The molecule has 4 nitrogen and oxygen atoms in total. The van der Waals surface area contributed by atoms with Crippen molar-refractivity contribution in [3.05, 3.63) is 18.0 Å². The van der Waals surface area contributed by atoms with Crippen LogP contribution >= 0.6 is 0 Å². The zero-order valence-corrected chi connectivity index (χ0v) is 10.9. The van der Waals surface area contributed by atoms with E-state index in [1.807, 2.05) is 19.3 Å². The third kappa shape index (κ3) is 3.32. The second kappa shape index (κ2) is 4.97. The minimum Gasteiger partial charge on any atom is -0.379 e. The maximum absolute atomic E-state index is 6.18. The second-order valence-electron chi connectivity index (χ2n) is 5.37. The standard InChI is InChI=1S/C12H23N3O/c1-12(2,3)11(16-5)10(13)8-9-6-7-15(4)14-9/h6-7,10-11H,8,13H2,1-5H3. The zero-order chi connectivity index (χ0) is 12.3. The molecular weight excluding hydrogens is 202 g/mol. The lowest BCUT2D eigenvalue weighted by Gasteiger charge is -2.33. The molecule has 2 atom stereocenters. The van der Waals surface area contributed by atoms with Crippen LogP contribution in [0.1, 0.15) is 26.5 Å². The molecule has 1 heterocycles. The van der Waals surface area contributed by atoms with Crippen LogP contribution in [-0.2, 0) is 18.2 Å². The average molecular weight is 225 g/mol. The summed E-state index contributed by atoms with van der Waals surface area (Å²) >= 11 is 0. The first-order valence-corrected chi connectivity index (χ1v) is 5.61. The summed E-state index contributed by atoms with van der Waals surface area (Å²) in [6, 6.07) is 1.97. The quantitative estimate of drug-likeness (QED) is 0.841. The van der Waals surface area contributed by atoms with Gasteiger partial charge in [0.1, 0.15) is 0 Å². The van der Waals surface area contributed by atoms with Gasteiger partial charge < -0.3 is 10.5 Å². The smallest absolute Gasteiger partial charge is 0.0774 e. The Bertz CT molecular complexity index is 327. The molecule has 0 bridgehead atoms. The summed E-state index contributed by atoms with van der Waals surface area (Å²) in [4.78, 5) is 0. The van der Waals surface area contributed by atoms with Gasteiger partial charge in [0.2, 0.25) is 0 Å². The van der Waals surface area contributed by atoms with Crippen LogP contribution in [-0.4, -0.2) is 29.0 Å². The molecular formula is C12H23N3O. The van der Waals surface area contributed by atoms with Crippen LogP contribution in [0.4, 0.5) is 0 Å². The topological polar surface area (TPSA) is 53.1 Å². The SMILES string of the molecule is COC(C(N)Cc1ccn(C)n1)C(C)(C)C. The van der Waals surface area contributed by atoms with E-state index in [2.05, 4.69) is 25.9 Å². The fourth-order valence-electron chi connectivity index (χ4n) is 2.09. The van der Waals surface area contributed by atoms with Crippen LogP contribution in [0.5, 0.6) is 0 Å². The van der Waals surface area contributed by atoms with E-state index in [1.165, 1.54) is 0 Å². The Morgan fingerprint density at radius 1 is 1.50 bits per heavy atom. The van der Waals surface area contributed by atoms with E-state index >= 15 is 0 Å². The number of aromatic nitrogens is 2. The number of hydrogen-bond donors (Lipinski definition) is 1. The molecule has 0 aliphatic heterocycles. The third-order valence-corrected chi connectivity index (χ3v) is 2.71. The first kappa shape index (κ1) is 13.2. The number of hydrogen-bond acceptors (Lipinski definition) is 3. The molecule has 0 amide bonds. The van der Waals surface area contributed by atoms with Crippen molar-refractivity contribution >= 4 is 0 Å². The molecule has 16 heavy (non-hydrogen) atoms. The Labute approximate surface area is 97.8 Å². The molecule has 0 spiro atoms. The number of methoxy groups -OCH3 is 1. The molecule has 0 aliphatic rings. The molecule has 0 fully saturated rings. The maximum Gasteiger partial charge on any atom is 0.0774 e. The van der Waals surface area contributed by atoms with Gasteiger partial charge in [-0.15, -0.1) is 0 Å². The maximum atomic E-state index is 6.18. The number of aryl methyl sites for hydroxylation is 1. The summed E-state index contributed by atoms with van der Waals surface area (Å²) in [5, 5.41) is 4.33. The first-order chi connectivity index (χ1) is 7.34. The van der Waals surface area contributed by atoms with E-state index in [0.717, 1.165) is 12.1 Å². The van der Waals surface area contributed by atoms with Crippen molar-refractivity contribution in [3.8, 4) is 0 Å². The highest BCUT2D eigenvalue weighted by atomic mass is 16.5. The van der Waals surface area contributed by atoms with Crippen LogP contribution in [0, 0.1) is 5.41 Å². The van der Waals surface area contributed by atoms with Crippen molar-refractivity contribution in [2.24, 2.45) is 18.2 Å². The lowest BCUT2D eigenvalue weighted by molar-refractivity contribution is -0.00186. The summed E-state index contributed by atoms with van der Waals surface area (Å²) in [5.41, 5.74) is 7.24. The summed E-state index contributed by atoms with van der Waals surface area (Å²) in [6.45, 7) is 6.42. The fraction of sp³-hybridized carbons (Fsp3) is 0.750. The van der Waals surface area contributed by atoms with Gasteiger partial charge in [-0.05, 0) is 11.5 Å². The van der Waals surface area contributed by atoms with Gasteiger partial charge in [-0.2, -0.15) is 5.10 Å². The van der Waals surface area contributed by atoms with Gasteiger partial charge in [-0.1, -0.05) is 20.8 Å². The molecule has 0 saturated carbocycles. The van der Waals surface area contributed by atoms with E-state index in [0.29, 0.717) is 0 Å². The van der Waals surface area contributed by atoms with Crippen molar-refractivity contribution in [2.75, 3.05) is 7.11 Å². The van der Waals surface area contributed by atoms with Gasteiger partial charge >= 0.3 is 0 Å². The van der Waals surface area contributed by atoms with E-state index in [-0.39, 0.29) is 17.6 Å². The monoisotopic (exact) mass is 225 g/mol. The Morgan fingerprint density at radius 3 is 2.50 bits per heavy atom. The molecule has 0 aromatic carbocycles. The third-order valence-electron chi connectivity index (χ3n) is 2.71. The van der Waals surface area contributed by atoms with Crippen LogP contribution in [0.2, 0.25) is 0 Å². The Morgan fingerprint density at radius 2 is 2.12 bits per heavy atom. The van der Waals surface area contributed by atoms with Crippen LogP contribution < -0.4 is 5.73 Å². The number of ether oxygens (including phenoxy) is 1. The largest absolute Gasteiger partial charge is 0.379 e. The Balaban J connectivity index is 2.66. The summed E-state index contributed by atoms with van der Waals surface area (Å²) in [5.74, 6) is 0. The lowest BCUT2D eigenvalue weighted by Crippen LogP contribution is -2.46. The van der Waals surface area contributed by atoms with Crippen molar-refractivity contribution < 1.29 is 4.74 Å². The molecule has 92 valence electrons. The van der Waals surface area contributed by atoms with Gasteiger partial charge in [0.15, 0.2) is 0 Å². The fourth-order valence-corrected chi connectivity index (χ4v) is 2.09. The zero-order valence-electron chi connectivity index (χ0n) is 10.9. The van der Waals surface area contributed by atoms with Gasteiger partial charge in [0, 0.05) is 32.8 Å². The average Bonchev–Trinajstić information content (AvgIpc) is 2.49. The molecule has 1 rings (SSSR count). The van der Waals surface area contributed by atoms with Gasteiger partial charge in [0.25, 0.3) is 0 Å². The van der Waals surface area contributed by atoms with E-state index in [4.69, 9.17) is 10.5 Å². The first-order valence-electron chi connectivity index (χ1n) is 5.61. The van der Waals surface area contributed by atoms with Gasteiger partial charge in [-0.25, -0.2) is 0 Å².